The van der Waals surface area contributed by atoms with E-state index in [1.165, 1.54) is 18.2 Å². The van der Waals surface area contributed by atoms with Gasteiger partial charge in [-0.2, -0.15) is 0 Å². The lowest BCUT2D eigenvalue weighted by molar-refractivity contribution is 0.0521. The second-order valence-corrected chi connectivity index (χ2v) is 3.33. The molecule has 0 saturated carbocycles. The molecule has 1 heterocycles. The second kappa shape index (κ2) is 4.37. The fourth-order valence-corrected chi connectivity index (χ4v) is 1.46. The van der Waals surface area contributed by atoms with Crippen molar-refractivity contribution in [3.05, 3.63) is 46.1 Å². The maximum Gasteiger partial charge on any atom is 0.351 e. The molecule has 1 aromatic carbocycles. The van der Waals surface area contributed by atoms with Crippen molar-refractivity contribution in [2.24, 2.45) is 0 Å². The Balaban J connectivity index is 2.64. The Kier molecular flexibility index (Phi) is 2.91. The number of halogens is 1. The fourth-order valence-electron chi connectivity index (χ4n) is 1.46. The zero-order chi connectivity index (χ0) is 12.4. The van der Waals surface area contributed by atoms with Crippen molar-refractivity contribution in [2.75, 3.05) is 6.61 Å². The zero-order valence-corrected chi connectivity index (χ0v) is 9.03. The molecule has 0 aliphatic rings. The molecule has 0 atom stereocenters. The predicted octanol–water partition coefficient (Wildman–Crippen LogP) is 2.11. The largest absolute Gasteiger partial charge is 0.462 e. The molecule has 0 saturated heterocycles. The van der Waals surface area contributed by atoms with E-state index in [4.69, 9.17) is 9.15 Å². The summed E-state index contributed by atoms with van der Waals surface area (Å²) in [5.74, 6) is -1.41. The number of fused-ring (bicyclic) bond motifs is 1. The summed E-state index contributed by atoms with van der Waals surface area (Å²) in [5.41, 5.74) is -1.29. The molecule has 2 aromatic rings. The highest BCUT2D eigenvalue weighted by atomic mass is 19.1. The van der Waals surface area contributed by atoms with Crippen LogP contribution in [0.3, 0.4) is 0 Å². The van der Waals surface area contributed by atoms with E-state index >= 15 is 0 Å². The third kappa shape index (κ3) is 2.04. The molecule has 5 heteroatoms. The Bertz CT molecular complexity index is 630. The summed E-state index contributed by atoms with van der Waals surface area (Å²) in [6, 6.07) is 5.45. The number of para-hydroxylation sites is 1. The van der Waals surface area contributed by atoms with Crippen molar-refractivity contribution in [2.45, 2.75) is 6.92 Å². The molecule has 0 N–H and O–H groups in total. The average Bonchev–Trinajstić information content (AvgIpc) is 2.30. The van der Waals surface area contributed by atoms with E-state index in [0.717, 1.165) is 0 Å². The summed E-state index contributed by atoms with van der Waals surface area (Å²) in [5, 5.41) is 0.340. The van der Waals surface area contributed by atoms with E-state index in [1.54, 1.807) is 13.0 Å². The van der Waals surface area contributed by atoms with Crippen LogP contribution >= 0.6 is 0 Å². The summed E-state index contributed by atoms with van der Waals surface area (Å²) < 4.78 is 22.8. The minimum atomic E-state index is -0.902. The highest BCUT2D eigenvalue weighted by Crippen LogP contribution is 2.16. The Morgan fingerprint density at radius 1 is 1.47 bits per heavy atom. The van der Waals surface area contributed by atoms with Gasteiger partial charge in [0.1, 0.15) is 5.56 Å². The number of ether oxygens (including phenoxy) is 1. The van der Waals surface area contributed by atoms with Crippen LogP contribution in [0.4, 0.5) is 4.39 Å². The van der Waals surface area contributed by atoms with Crippen molar-refractivity contribution >= 4 is 16.9 Å². The molecule has 2 rings (SSSR count). The van der Waals surface area contributed by atoms with E-state index in [2.05, 4.69) is 0 Å². The maximum absolute atomic E-state index is 13.3. The van der Waals surface area contributed by atoms with E-state index < -0.39 is 17.4 Å². The second-order valence-electron chi connectivity index (χ2n) is 3.33. The highest BCUT2D eigenvalue weighted by molar-refractivity contribution is 5.92. The number of hydrogen-bond acceptors (Lipinski definition) is 4. The van der Waals surface area contributed by atoms with Gasteiger partial charge in [-0.25, -0.2) is 14.0 Å². The Morgan fingerprint density at radius 2 is 2.24 bits per heavy atom. The lowest BCUT2D eigenvalue weighted by Crippen LogP contribution is -2.16. The van der Waals surface area contributed by atoms with Gasteiger partial charge in [0.2, 0.25) is 0 Å². The zero-order valence-electron chi connectivity index (χ0n) is 9.03. The molecule has 0 aliphatic heterocycles. The van der Waals surface area contributed by atoms with Gasteiger partial charge < -0.3 is 9.15 Å². The van der Waals surface area contributed by atoms with Crippen molar-refractivity contribution in [3.8, 4) is 0 Å². The summed E-state index contributed by atoms with van der Waals surface area (Å²) in [4.78, 5) is 22.9. The number of carbonyl (C=O) groups is 1. The minimum absolute atomic E-state index is 0.152. The Hall–Kier alpha value is -2.17. The van der Waals surface area contributed by atoms with Crippen LogP contribution in [-0.4, -0.2) is 12.6 Å². The van der Waals surface area contributed by atoms with Gasteiger partial charge >= 0.3 is 11.6 Å². The summed E-state index contributed by atoms with van der Waals surface area (Å²) in [6.45, 7) is 1.78. The Labute approximate surface area is 95.6 Å². The van der Waals surface area contributed by atoms with Crippen LogP contribution in [0.2, 0.25) is 0 Å². The van der Waals surface area contributed by atoms with E-state index in [9.17, 15) is 14.0 Å². The normalized spacial score (nSPS) is 10.5. The molecule has 17 heavy (non-hydrogen) atoms. The summed E-state index contributed by atoms with van der Waals surface area (Å²) in [7, 11) is 0. The van der Waals surface area contributed by atoms with Gasteiger partial charge in [-0.05, 0) is 19.1 Å². The SMILES string of the molecule is CCOC(=O)c1cc2cccc(F)c2oc1=O. The molecular weight excluding hydrogens is 227 g/mol. The molecule has 0 amide bonds. The average molecular weight is 236 g/mol. The lowest BCUT2D eigenvalue weighted by atomic mass is 10.2. The van der Waals surface area contributed by atoms with Crippen molar-refractivity contribution < 1.29 is 18.3 Å². The summed E-state index contributed by atoms with van der Waals surface area (Å²) >= 11 is 0. The third-order valence-corrected chi connectivity index (χ3v) is 2.21. The highest BCUT2D eigenvalue weighted by Gasteiger charge is 2.15. The number of carbonyl (C=O) groups excluding carboxylic acids is 1. The first-order valence-corrected chi connectivity index (χ1v) is 5.03. The van der Waals surface area contributed by atoms with Crippen LogP contribution in [0.5, 0.6) is 0 Å². The molecule has 0 radical (unpaired) electrons. The van der Waals surface area contributed by atoms with Crippen LogP contribution < -0.4 is 5.63 Å². The van der Waals surface area contributed by atoms with Gasteiger partial charge in [-0.3, -0.25) is 0 Å². The number of rotatable bonds is 2. The number of hydrogen-bond donors (Lipinski definition) is 0. The Morgan fingerprint density at radius 3 is 2.94 bits per heavy atom. The maximum atomic E-state index is 13.3. The monoisotopic (exact) mass is 236 g/mol. The first-order chi connectivity index (χ1) is 8.13. The van der Waals surface area contributed by atoms with Crippen LogP contribution in [0, 0.1) is 5.82 Å². The van der Waals surface area contributed by atoms with E-state index in [1.807, 2.05) is 0 Å². The molecule has 4 nitrogen and oxygen atoms in total. The van der Waals surface area contributed by atoms with E-state index in [0.29, 0.717) is 5.39 Å². The molecule has 0 bridgehead atoms. The van der Waals surface area contributed by atoms with Crippen LogP contribution in [0.1, 0.15) is 17.3 Å². The van der Waals surface area contributed by atoms with Crippen LogP contribution in [0.15, 0.2) is 33.5 Å². The van der Waals surface area contributed by atoms with E-state index in [-0.39, 0.29) is 17.8 Å². The molecule has 0 fully saturated rings. The van der Waals surface area contributed by atoms with Gasteiger partial charge in [-0.15, -0.1) is 0 Å². The predicted molar refractivity (Wildman–Crippen MR) is 58.4 cm³/mol. The van der Waals surface area contributed by atoms with Crippen molar-refractivity contribution in [1.29, 1.82) is 0 Å². The van der Waals surface area contributed by atoms with Gasteiger partial charge in [0.25, 0.3) is 0 Å². The quantitative estimate of drug-likeness (QED) is 0.592. The molecular formula is C12H9FO4. The smallest absolute Gasteiger partial charge is 0.351 e. The van der Waals surface area contributed by atoms with Gasteiger partial charge in [0.15, 0.2) is 11.4 Å². The number of benzene rings is 1. The summed E-state index contributed by atoms with van der Waals surface area (Å²) in [6.07, 6.45) is 0. The minimum Gasteiger partial charge on any atom is -0.462 e. The first-order valence-electron chi connectivity index (χ1n) is 5.03. The topological polar surface area (TPSA) is 56.5 Å². The first kappa shape index (κ1) is 11.3. The van der Waals surface area contributed by atoms with Crippen molar-refractivity contribution in [1.82, 2.24) is 0 Å². The number of esters is 1. The van der Waals surface area contributed by atoms with Crippen molar-refractivity contribution in [3.63, 3.8) is 0 Å². The van der Waals surface area contributed by atoms with Crippen LogP contribution in [-0.2, 0) is 4.74 Å². The van der Waals surface area contributed by atoms with Gasteiger partial charge in [0.05, 0.1) is 6.61 Å². The lowest BCUT2D eigenvalue weighted by Gasteiger charge is -2.02. The molecule has 0 spiro atoms. The fraction of sp³-hybridized carbons (Fsp3) is 0.167. The standard InChI is InChI=1S/C12H9FO4/c1-2-16-11(14)8-6-7-4-3-5-9(13)10(7)17-12(8)15/h3-6H,2H2,1H3. The molecule has 0 aliphatic carbocycles. The van der Waals surface area contributed by atoms with Gasteiger partial charge in [0, 0.05) is 5.39 Å². The van der Waals surface area contributed by atoms with Crippen LogP contribution in [0.25, 0.3) is 11.0 Å². The van der Waals surface area contributed by atoms with Gasteiger partial charge in [-0.1, -0.05) is 12.1 Å². The molecule has 0 unspecified atom stereocenters. The molecule has 88 valence electrons. The molecule has 1 aromatic heterocycles. The third-order valence-electron chi connectivity index (χ3n) is 2.21.